The predicted molar refractivity (Wildman–Crippen MR) is 75.0 cm³/mol. The van der Waals surface area contributed by atoms with Crippen LogP contribution in [0.1, 0.15) is 19.4 Å². The molecule has 0 aliphatic rings. The summed E-state index contributed by atoms with van der Waals surface area (Å²) < 4.78 is 13.0. The Morgan fingerprint density at radius 1 is 1.44 bits per heavy atom. The second-order valence-electron chi connectivity index (χ2n) is 5.09. The lowest BCUT2D eigenvalue weighted by molar-refractivity contribution is 0.350. The number of nitrogens with zero attached hydrogens (tertiary/aromatic N) is 1. The van der Waals surface area contributed by atoms with Crippen LogP contribution in [0.3, 0.4) is 0 Å². The minimum Gasteiger partial charge on any atom is -0.311 e. The zero-order valence-corrected chi connectivity index (χ0v) is 11.5. The van der Waals surface area contributed by atoms with Gasteiger partial charge in [0.05, 0.1) is 0 Å². The zero-order valence-electron chi connectivity index (χ0n) is 11.5. The fourth-order valence-electron chi connectivity index (χ4n) is 1.79. The molecular formula is C15H23FN2. The molecule has 0 bridgehead atoms. The van der Waals surface area contributed by atoms with E-state index in [4.69, 9.17) is 0 Å². The number of benzene rings is 1. The molecule has 0 radical (unpaired) electrons. The molecule has 0 unspecified atom stereocenters. The number of hydrogen-bond donors (Lipinski definition) is 1. The maximum Gasteiger partial charge on any atom is 0.123 e. The van der Waals surface area contributed by atoms with Crippen molar-refractivity contribution in [1.82, 2.24) is 10.2 Å². The molecule has 0 spiro atoms. The molecule has 2 nitrogen and oxygen atoms in total. The van der Waals surface area contributed by atoms with Crippen molar-refractivity contribution >= 4 is 0 Å². The van der Waals surface area contributed by atoms with Gasteiger partial charge in [-0.2, -0.15) is 0 Å². The van der Waals surface area contributed by atoms with E-state index in [1.165, 1.54) is 6.07 Å². The fourth-order valence-corrected chi connectivity index (χ4v) is 1.79. The molecule has 0 saturated heterocycles. The summed E-state index contributed by atoms with van der Waals surface area (Å²) in [5, 5.41) is 3.34. The first kappa shape index (κ1) is 14.9. The van der Waals surface area contributed by atoms with E-state index in [2.05, 4.69) is 30.6 Å². The number of likely N-dealkylation sites (N-methyl/N-ethyl adjacent to an activating group) is 1. The Morgan fingerprint density at radius 2 is 2.17 bits per heavy atom. The van der Waals surface area contributed by atoms with Gasteiger partial charge < -0.3 is 5.32 Å². The van der Waals surface area contributed by atoms with Crippen LogP contribution in [0.4, 0.5) is 4.39 Å². The molecule has 0 aliphatic carbocycles. The van der Waals surface area contributed by atoms with Gasteiger partial charge in [-0.15, -0.1) is 0 Å². The molecule has 0 aromatic heterocycles. The highest BCUT2D eigenvalue weighted by Crippen LogP contribution is 2.07. The van der Waals surface area contributed by atoms with Gasteiger partial charge in [-0.1, -0.05) is 32.6 Å². The summed E-state index contributed by atoms with van der Waals surface area (Å²) in [7, 11) is 2.02. The Kier molecular flexibility index (Phi) is 6.02. The van der Waals surface area contributed by atoms with Crippen molar-refractivity contribution in [3.8, 4) is 0 Å². The van der Waals surface area contributed by atoms with Crippen LogP contribution in [0.15, 0.2) is 36.4 Å². The van der Waals surface area contributed by atoms with E-state index in [-0.39, 0.29) is 5.82 Å². The summed E-state index contributed by atoms with van der Waals surface area (Å²) in [4.78, 5) is 2.14. The van der Waals surface area contributed by atoms with Crippen LogP contribution in [0.5, 0.6) is 0 Å². The van der Waals surface area contributed by atoms with Crippen LogP contribution in [0.25, 0.3) is 0 Å². The lowest BCUT2D eigenvalue weighted by atomic mass is 10.2. The monoisotopic (exact) mass is 250 g/mol. The molecule has 0 amide bonds. The molecule has 100 valence electrons. The molecule has 0 atom stereocenters. The van der Waals surface area contributed by atoms with Gasteiger partial charge in [0.25, 0.3) is 0 Å². The summed E-state index contributed by atoms with van der Waals surface area (Å²) in [6.07, 6.45) is 0. The van der Waals surface area contributed by atoms with E-state index >= 15 is 0 Å². The molecule has 18 heavy (non-hydrogen) atoms. The van der Waals surface area contributed by atoms with Gasteiger partial charge in [0.2, 0.25) is 0 Å². The van der Waals surface area contributed by atoms with Gasteiger partial charge in [0, 0.05) is 25.7 Å². The number of hydrogen-bond acceptors (Lipinski definition) is 2. The molecule has 1 rings (SSSR count). The van der Waals surface area contributed by atoms with Crippen molar-refractivity contribution in [2.45, 2.75) is 26.4 Å². The van der Waals surface area contributed by atoms with Crippen molar-refractivity contribution in [2.24, 2.45) is 0 Å². The lowest BCUT2D eigenvalue weighted by Gasteiger charge is -2.19. The van der Waals surface area contributed by atoms with Gasteiger partial charge in [-0.3, -0.25) is 4.90 Å². The van der Waals surface area contributed by atoms with Crippen molar-refractivity contribution in [3.05, 3.63) is 47.8 Å². The number of halogens is 1. The first-order chi connectivity index (χ1) is 8.47. The molecule has 0 saturated carbocycles. The average Bonchev–Trinajstić information content (AvgIpc) is 2.26. The van der Waals surface area contributed by atoms with Crippen LogP contribution in [0.2, 0.25) is 0 Å². The van der Waals surface area contributed by atoms with Crippen LogP contribution in [0, 0.1) is 5.82 Å². The van der Waals surface area contributed by atoms with Crippen LogP contribution in [-0.4, -0.2) is 31.1 Å². The zero-order chi connectivity index (χ0) is 13.5. The molecule has 0 aliphatic heterocycles. The van der Waals surface area contributed by atoms with E-state index < -0.39 is 0 Å². The predicted octanol–water partition coefficient (Wildman–Crippen LogP) is 2.81. The molecule has 3 heteroatoms. The molecule has 1 aromatic rings. The Hall–Kier alpha value is -1.19. The minimum atomic E-state index is -0.179. The Balaban J connectivity index is 2.37. The largest absolute Gasteiger partial charge is 0.311 e. The van der Waals surface area contributed by atoms with Crippen molar-refractivity contribution < 1.29 is 4.39 Å². The summed E-state index contributed by atoms with van der Waals surface area (Å²) in [5.41, 5.74) is 2.13. The van der Waals surface area contributed by atoms with E-state index in [1.807, 2.05) is 13.1 Å². The Morgan fingerprint density at radius 3 is 2.78 bits per heavy atom. The third-order valence-electron chi connectivity index (χ3n) is 2.60. The minimum absolute atomic E-state index is 0.179. The first-order valence-corrected chi connectivity index (χ1v) is 6.30. The second kappa shape index (κ2) is 7.29. The first-order valence-electron chi connectivity index (χ1n) is 6.30. The molecule has 1 aromatic carbocycles. The molecular weight excluding hydrogens is 227 g/mol. The normalized spacial score (nSPS) is 11.2. The van der Waals surface area contributed by atoms with Crippen LogP contribution < -0.4 is 5.32 Å². The number of nitrogens with one attached hydrogen (secondary N) is 1. The summed E-state index contributed by atoms with van der Waals surface area (Å²) in [6.45, 7) is 10.7. The third-order valence-corrected chi connectivity index (χ3v) is 2.60. The van der Waals surface area contributed by atoms with E-state index in [9.17, 15) is 4.39 Å². The van der Waals surface area contributed by atoms with Crippen molar-refractivity contribution in [2.75, 3.05) is 20.1 Å². The van der Waals surface area contributed by atoms with Crippen molar-refractivity contribution in [1.29, 1.82) is 0 Å². The highest BCUT2D eigenvalue weighted by atomic mass is 19.1. The van der Waals surface area contributed by atoms with Crippen LogP contribution in [-0.2, 0) is 6.54 Å². The quantitative estimate of drug-likeness (QED) is 0.749. The molecule has 1 N–H and O–H groups in total. The molecule has 0 heterocycles. The SMILES string of the molecule is C=C(CNC(C)C)CN(C)Cc1cccc(F)c1. The smallest absolute Gasteiger partial charge is 0.123 e. The van der Waals surface area contributed by atoms with Gasteiger partial charge in [-0.05, 0) is 30.3 Å². The summed E-state index contributed by atoms with van der Waals surface area (Å²) >= 11 is 0. The van der Waals surface area contributed by atoms with Gasteiger partial charge in [-0.25, -0.2) is 4.39 Å². The maximum absolute atomic E-state index is 13.0. The van der Waals surface area contributed by atoms with E-state index in [0.717, 1.165) is 30.8 Å². The number of rotatable bonds is 7. The van der Waals surface area contributed by atoms with Gasteiger partial charge >= 0.3 is 0 Å². The summed E-state index contributed by atoms with van der Waals surface area (Å²) in [5.74, 6) is -0.179. The highest BCUT2D eigenvalue weighted by Gasteiger charge is 2.04. The standard InChI is InChI=1S/C15H23FN2/c1-12(2)17-9-13(3)10-18(4)11-14-6-5-7-15(16)8-14/h5-8,12,17H,3,9-11H2,1-2,4H3. The fraction of sp³-hybridized carbons (Fsp3) is 0.467. The third kappa shape index (κ3) is 5.94. The van der Waals surface area contributed by atoms with Gasteiger partial charge in [0.1, 0.15) is 5.82 Å². The lowest BCUT2D eigenvalue weighted by Crippen LogP contribution is -2.29. The van der Waals surface area contributed by atoms with Gasteiger partial charge in [0.15, 0.2) is 0 Å². The molecule has 0 fully saturated rings. The van der Waals surface area contributed by atoms with E-state index in [0.29, 0.717) is 6.04 Å². The Bertz CT molecular complexity index is 388. The topological polar surface area (TPSA) is 15.3 Å². The van der Waals surface area contributed by atoms with Crippen LogP contribution >= 0.6 is 0 Å². The second-order valence-corrected chi connectivity index (χ2v) is 5.09. The van der Waals surface area contributed by atoms with E-state index in [1.54, 1.807) is 12.1 Å². The van der Waals surface area contributed by atoms with Crippen molar-refractivity contribution in [3.63, 3.8) is 0 Å². The average molecular weight is 250 g/mol. The summed E-state index contributed by atoms with van der Waals surface area (Å²) in [6, 6.07) is 7.19. The highest BCUT2D eigenvalue weighted by molar-refractivity contribution is 5.16. The maximum atomic E-state index is 13.0. The Labute approximate surface area is 110 Å².